The first-order valence-electron chi connectivity index (χ1n) is 5.01. The fourth-order valence-corrected chi connectivity index (χ4v) is 2.10. The summed E-state index contributed by atoms with van der Waals surface area (Å²) in [7, 11) is 0. The lowest BCUT2D eigenvalue weighted by atomic mass is 9.95. The van der Waals surface area contributed by atoms with Gasteiger partial charge >= 0.3 is 0 Å². The average Bonchev–Trinajstić information content (AvgIpc) is 2.15. The van der Waals surface area contributed by atoms with Crippen molar-refractivity contribution in [2.45, 2.75) is 58.0 Å². The zero-order valence-electron chi connectivity index (χ0n) is 7.55. The molecule has 11 heavy (non-hydrogen) atoms. The third kappa shape index (κ3) is 3.24. The van der Waals surface area contributed by atoms with Crippen molar-refractivity contribution < 1.29 is 5.11 Å². The Hall–Kier alpha value is -0.0400. The molecule has 1 rings (SSSR count). The van der Waals surface area contributed by atoms with Gasteiger partial charge in [-0.05, 0) is 18.8 Å². The van der Waals surface area contributed by atoms with E-state index in [4.69, 9.17) is 0 Å². The van der Waals surface area contributed by atoms with E-state index in [0.29, 0.717) is 0 Å². The van der Waals surface area contributed by atoms with E-state index < -0.39 is 0 Å². The quantitative estimate of drug-likeness (QED) is 0.609. The first kappa shape index (κ1) is 9.05. The maximum absolute atomic E-state index is 9.49. The van der Waals surface area contributed by atoms with Gasteiger partial charge in [-0.1, -0.05) is 39.0 Å². The third-order valence-electron chi connectivity index (χ3n) is 2.70. The summed E-state index contributed by atoms with van der Waals surface area (Å²) in [6.07, 6.45) is 8.63. The Labute approximate surface area is 69.8 Å². The van der Waals surface area contributed by atoms with Gasteiger partial charge in [-0.15, -0.1) is 0 Å². The molecule has 1 aliphatic carbocycles. The van der Waals surface area contributed by atoms with Crippen LogP contribution in [0.25, 0.3) is 0 Å². The number of rotatable bonds is 2. The fourth-order valence-electron chi connectivity index (χ4n) is 2.10. The van der Waals surface area contributed by atoms with Crippen molar-refractivity contribution in [1.29, 1.82) is 0 Å². The van der Waals surface area contributed by atoms with Gasteiger partial charge in [-0.2, -0.15) is 0 Å². The van der Waals surface area contributed by atoms with E-state index in [2.05, 4.69) is 6.92 Å². The molecule has 0 aromatic carbocycles. The third-order valence-corrected chi connectivity index (χ3v) is 2.70. The van der Waals surface area contributed by atoms with Crippen molar-refractivity contribution in [2.75, 3.05) is 0 Å². The van der Waals surface area contributed by atoms with E-state index in [-0.39, 0.29) is 6.10 Å². The number of aliphatic hydroxyl groups is 1. The Kier molecular flexibility index (Phi) is 3.92. The standard InChI is InChI=1S/C10H20O/c1-2-5-9-6-3-4-7-10(11)8-9/h9-11H,2-8H2,1H3. The molecule has 2 atom stereocenters. The van der Waals surface area contributed by atoms with E-state index in [1.807, 2.05) is 0 Å². The second-order valence-corrected chi connectivity index (χ2v) is 3.83. The van der Waals surface area contributed by atoms with Crippen LogP contribution in [0.4, 0.5) is 0 Å². The highest BCUT2D eigenvalue weighted by Crippen LogP contribution is 2.26. The molecule has 1 nitrogen and oxygen atoms in total. The largest absolute Gasteiger partial charge is 0.393 e. The molecular weight excluding hydrogens is 136 g/mol. The molecule has 1 heteroatoms. The Morgan fingerprint density at radius 1 is 1.27 bits per heavy atom. The van der Waals surface area contributed by atoms with Gasteiger partial charge in [0.15, 0.2) is 0 Å². The molecule has 1 saturated carbocycles. The van der Waals surface area contributed by atoms with Crippen LogP contribution >= 0.6 is 0 Å². The predicted molar refractivity (Wildman–Crippen MR) is 47.5 cm³/mol. The van der Waals surface area contributed by atoms with Crippen LogP contribution in [0, 0.1) is 5.92 Å². The van der Waals surface area contributed by atoms with Crippen molar-refractivity contribution in [3.05, 3.63) is 0 Å². The maximum atomic E-state index is 9.49. The van der Waals surface area contributed by atoms with Gasteiger partial charge in [0.2, 0.25) is 0 Å². The lowest BCUT2D eigenvalue weighted by Crippen LogP contribution is -2.10. The molecule has 0 aliphatic heterocycles. The van der Waals surface area contributed by atoms with Gasteiger partial charge in [-0.25, -0.2) is 0 Å². The second-order valence-electron chi connectivity index (χ2n) is 3.83. The summed E-state index contributed by atoms with van der Waals surface area (Å²) in [6, 6.07) is 0. The van der Waals surface area contributed by atoms with E-state index in [9.17, 15) is 5.11 Å². The van der Waals surface area contributed by atoms with E-state index in [1.165, 1.54) is 32.1 Å². The highest BCUT2D eigenvalue weighted by molar-refractivity contribution is 4.69. The number of aliphatic hydroxyl groups excluding tert-OH is 1. The summed E-state index contributed by atoms with van der Waals surface area (Å²) in [5, 5.41) is 9.49. The SMILES string of the molecule is CCCC1CCCCC(O)C1. The van der Waals surface area contributed by atoms with E-state index in [0.717, 1.165) is 18.8 Å². The Morgan fingerprint density at radius 2 is 2.00 bits per heavy atom. The minimum atomic E-state index is 0.00838. The molecular formula is C10H20O. The van der Waals surface area contributed by atoms with Gasteiger partial charge < -0.3 is 5.11 Å². The maximum Gasteiger partial charge on any atom is 0.0542 e. The summed E-state index contributed by atoms with van der Waals surface area (Å²) in [6.45, 7) is 2.23. The van der Waals surface area contributed by atoms with Crippen LogP contribution in [0.2, 0.25) is 0 Å². The van der Waals surface area contributed by atoms with E-state index in [1.54, 1.807) is 0 Å². The van der Waals surface area contributed by atoms with Crippen LogP contribution in [0.15, 0.2) is 0 Å². The van der Waals surface area contributed by atoms with Crippen LogP contribution < -0.4 is 0 Å². The Morgan fingerprint density at radius 3 is 2.73 bits per heavy atom. The van der Waals surface area contributed by atoms with Crippen molar-refractivity contribution in [3.63, 3.8) is 0 Å². The zero-order valence-corrected chi connectivity index (χ0v) is 7.55. The lowest BCUT2D eigenvalue weighted by molar-refractivity contribution is 0.139. The Balaban J connectivity index is 2.27. The molecule has 0 heterocycles. The zero-order chi connectivity index (χ0) is 8.10. The van der Waals surface area contributed by atoms with Gasteiger partial charge in [0.25, 0.3) is 0 Å². The first-order chi connectivity index (χ1) is 5.33. The summed E-state index contributed by atoms with van der Waals surface area (Å²) < 4.78 is 0. The molecule has 0 spiro atoms. The predicted octanol–water partition coefficient (Wildman–Crippen LogP) is 2.73. The van der Waals surface area contributed by atoms with Crippen LogP contribution in [0.5, 0.6) is 0 Å². The molecule has 2 unspecified atom stereocenters. The molecule has 1 fully saturated rings. The highest BCUT2D eigenvalue weighted by Gasteiger charge is 2.16. The van der Waals surface area contributed by atoms with Crippen LogP contribution in [-0.2, 0) is 0 Å². The monoisotopic (exact) mass is 156 g/mol. The van der Waals surface area contributed by atoms with Crippen molar-refractivity contribution >= 4 is 0 Å². The van der Waals surface area contributed by atoms with Crippen molar-refractivity contribution in [2.24, 2.45) is 5.92 Å². The van der Waals surface area contributed by atoms with Crippen LogP contribution in [0.3, 0.4) is 0 Å². The van der Waals surface area contributed by atoms with Crippen molar-refractivity contribution in [1.82, 2.24) is 0 Å². The van der Waals surface area contributed by atoms with Crippen LogP contribution in [0.1, 0.15) is 51.9 Å². The molecule has 0 aromatic heterocycles. The normalized spacial score (nSPS) is 33.3. The van der Waals surface area contributed by atoms with Crippen molar-refractivity contribution in [3.8, 4) is 0 Å². The summed E-state index contributed by atoms with van der Waals surface area (Å²) in [5.41, 5.74) is 0. The first-order valence-corrected chi connectivity index (χ1v) is 5.01. The summed E-state index contributed by atoms with van der Waals surface area (Å²) in [4.78, 5) is 0. The smallest absolute Gasteiger partial charge is 0.0542 e. The molecule has 0 amide bonds. The second kappa shape index (κ2) is 4.76. The summed E-state index contributed by atoms with van der Waals surface area (Å²) >= 11 is 0. The topological polar surface area (TPSA) is 20.2 Å². The van der Waals surface area contributed by atoms with Gasteiger partial charge in [0, 0.05) is 0 Å². The molecule has 0 saturated heterocycles. The molecule has 1 N–H and O–H groups in total. The number of hydrogen-bond acceptors (Lipinski definition) is 1. The molecule has 0 radical (unpaired) electrons. The number of hydrogen-bond donors (Lipinski definition) is 1. The molecule has 1 aliphatic rings. The Bertz CT molecular complexity index is 101. The summed E-state index contributed by atoms with van der Waals surface area (Å²) in [5.74, 6) is 0.817. The molecule has 66 valence electrons. The highest BCUT2D eigenvalue weighted by atomic mass is 16.3. The molecule has 0 aromatic rings. The van der Waals surface area contributed by atoms with E-state index >= 15 is 0 Å². The van der Waals surface area contributed by atoms with Gasteiger partial charge in [-0.3, -0.25) is 0 Å². The van der Waals surface area contributed by atoms with Gasteiger partial charge in [0.1, 0.15) is 0 Å². The van der Waals surface area contributed by atoms with Crippen LogP contribution in [-0.4, -0.2) is 11.2 Å². The fraction of sp³-hybridized carbons (Fsp3) is 1.00. The molecule has 0 bridgehead atoms. The lowest BCUT2D eigenvalue weighted by Gasteiger charge is -2.14. The minimum absolute atomic E-state index is 0.00838. The van der Waals surface area contributed by atoms with Gasteiger partial charge in [0.05, 0.1) is 6.10 Å². The average molecular weight is 156 g/mol. The minimum Gasteiger partial charge on any atom is -0.393 e.